The molecule has 1 aliphatic heterocycles. The Morgan fingerprint density at radius 2 is 2.00 bits per heavy atom. The summed E-state index contributed by atoms with van der Waals surface area (Å²) < 4.78 is 11.6. The topological polar surface area (TPSA) is 42.7 Å². The number of rotatable bonds is 2. The Kier molecular flexibility index (Phi) is 3.75. The third-order valence-electron chi connectivity index (χ3n) is 4.42. The van der Waals surface area contributed by atoms with Crippen LogP contribution in [0.5, 0.6) is 0 Å². The van der Waals surface area contributed by atoms with Gasteiger partial charge in [0.15, 0.2) is 11.3 Å². The van der Waals surface area contributed by atoms with Crippen LogP contribution in [0.2, 0.25) is 0 Å². The fourth-order valence-electron chi connectivity index (χ4n) is 3.18. The highest BCUT2D eigenvalue weighted by Gasteiger charge is 2.17. The predicted octanol–water partition coefficient (Wildman–Crippen LogP) is 3.36. The molecule has 0 spiro atoms. The summed E-state index contributed by atoms with van der Waals surface area (Å²) in [4.78, 5) is 14.6. The van der Waals surface area contributed by atoms with Gasteiger partial charge in [0.25, 0.3) is 0 Å². The number of hydrogen-bond donors (Lipinski definition) is 0. The SMILES string of the molecule is O=c1cc(N2CCOCC2)oc2c(C3=CC=CCC3)cccc12. The normalized spacial score (nSPS) is 18.3. The fourth-order valence-corrected chi connectivity index (χ4v) is 3.18. The van der Waals surface area contributed by atoms with Crippen molar-refractivity contribution in [2.24, 2.45) is 0 Å². The summed E-state index contributed by atoms with van der Waals surface area (Å²) in [5, 5.41) is 0.648. The highest BCUT2D eigenvalue weighted by Crippen LogP contribution is 2.31. The van der Waals surface area contributed by atoms with E-state index in [1.165, 1.54) is 5.57 Å². The van der Waals surface area contributed by atoms with Crippen LogP contribution in [-0.2, 0) is 4.74 Å². The summed E-state index contributed by atoms with van der Waals surface area (Å²) in [6.07, 6.45) is 8.34. The lowest BCUT2D eigenvalue weighted by atomic mass is 9.96. The highest BCUT2D eigenvalue weighted by molar-refractivity contribution is 5.90. The van der Waals surface area contributed by atoms with Gasteiger partial charge in [0, 0.05) is 24.7 Å². The fraction of sp³-hybridized carbons (Fsp3) is 0.316. The Bertz CT molecular complexity index is 841. The second-order valence-corrected chi connectivity index (χ2v) is 5.89. The maximum atomic E-state index is 12.5. The van der Waals surface area contributed by atoms with Crippen molar-refractivity contribution in [2.75, 3.05) is 31.2 Å². The average molecular weight is 309 g/mol. The maximum Gasteiger partial charge on any atom is 0.200 e. The van der Waals surface area contributed by atoms with Crippen molar-refractivity contribution in [3.8, 4) is 0 Å². The maximum absolute atomic E-state index is 12.5. The smallest absolute Gasteiger partial charge is 0.200 e. The van der Waals surface area contributed by atoms with Gasteiger partial charge in [0.1, 0.15) is 5.58 Å². The van der Waals surface area contributed by atoms with E-state index in [-0.39, 0.29) is 5.43 Å². The van der Waals surface area contributed by atoms with Gasteiger partial charge >= 0.3 is 0 Å². The largest absolute Gasteiger partial charge is 0.440 e. The predicted molar refractivity (Wildman–Crippen MR) is 91.9 cm³/mol. The van der Waals surface area contributed by atoms with Crippen LogP contribution in [0.1, 0.15) is 18.4 Å². The summed E-state index contributed by atoms with van der Waals surface area (Å²) in [5.74, 6) is 0.644. The van der Waals surface area contributed by atoms with Crippen LogP contribution in [0.25, 0.3) is 16.5 Å². The third kappa shape index (κ3) is 2.70. The van der Waals surface area contributed by atoms with Gasteiger partial charge in [-0.05, 0) is 24.5 Å². The molecule has 2 aromatic rings. The minimum absolute atomic E-state index is 0.0153. The first-order chi connectivity index (χ1) is 11.3. The molecule has 0 unspecified atom stereocenters. The molecule has 1 saturated heterocycles. The molecule has 4 rings (SSSR count). The van der Waals surface area contributed by atoms with E-state index < -0.39 is 0 Å². The number of ether oxygens (including phenoxy) is 1. The van der Waals surface area contributed by atoms with Gasteiger partial charge in [-0.15, -0.1) is 0 Å². The molecule has 0 bridgehead atoms. The van der Waals surface area contributed by atoms with E-state index >= 15 is 0 Å². The van der Waals surface area contributed by atoms with E-state index in [0.717, 1.165) is 31.5 Å². The molecule has 1 aliphatic carbocycles. The van der Waals surface area contributed by atoms with Crippen LogP contribution in [0.15, 0.2) is 51.7 Å². The summed E-state index contributed by atoms with van der Waals surface area (Å²) >= 11 is 0. The van der Waals surface area contributed by atoms with Crippen LogP contribution >= 0.6 is 0 Å². The number of para-hydroxylation sites is 1. The molecule has 4 heteroatoms. The molecule has 0 amide bonds. The van der Waals surface area contributed by atoms with E-state index in [0.29, 0.717) is 30.1 Å². The number of fused-ring (bicyclic) bond motifs is 1. The Hall–Kier alpha value is -2.33. The molecule has 2 heterocycles. The molecule has 23 heavy (non-hydrogen) atoms. The molecular formula is C19H19NO3. The van der Waals surface area contributed by atoms with Gasteiger partial charge in [0.05, 0.1) is 18.6 Å². The van der Waals surface area contributed by atoms with E-state index in [2.05, 4.69) is 23.1 Å². The van der Waals surface area contributed by atoms with Crippen LogP contribution in [0.3, 0.4) is 0 Å². The molecular weight excluding hydrogens is 290 g/mol. The number of allylic oxidation sites excluding steroid dienone is 4. The summed E-state index contributed by atoms with van der Waals surface area (Å²) in [6, 6.07) is 7.42. The Morgan fingerprint density at radius 3 is 2.78 bits per heavy atom. The van der Waals surface area contributed by atoms with Gasteiger partial charge in [-0.25, -0.2) is 0 Å². The lowest BCUT2D eigenvalue weighted by Crippen LogP contribution is -2.36. The van der Waals surface area contributed by atoms with Crippen molar-refractivity contribution in [3.63, 3.8) is 0 Å². The molecule has 1 aromatic heterocycles. The number of anilines is 1. The molecule has 4 nitrogen and oxygen atoms in total. The van der Waals surface area contributed by atoms with Gasteiger partial charge in [-0.2, -0.15) is 0 Å². The Labute approximate surface area is 134 Å². The van der Waals surface area contributed by atoms with Crippen LogP contribution in [0, 0.1) is 0 Å². The first kappa shape index (κ1) is 14.3. The van der Waals surface area contributed by atoms with Gasteiger partial charge in [-0.3, -0.25) is 4.79 Å². The Balaban J connectivity index is 1.87. The van der Waals surface area contributed by atoms with Gasteiger partial charge in [-0.1, -0.05) is 30.4 Å². The lowest BCUT2D eigenvalue weighted by molar-refractivity contribution is 0.121. The average Bonchev–Trinajstić information content (AvgIpc) is 2.63. The second-order valence-electron chi connectivity index (χ2n) is 5.89. The van der Waals surface area contributed by atoms with Crippen LogP contribution in [-0.4, -0.2) is 26.3 Å². The number of nitrogens with zero attached hydrogens (tertiary/aromatic N) is 1. The molecule has 0 atom stereocenters. The van der Waals surface area contributed by atoms with E-state index in [1.54, 1.807) is 6.07 Å². The van der Waals surface area contributed by atoms with Crippen molar-refractivity contribution in [2.45, 2.75) is 12.8 Å². The van der Waals surface area contributed by atoms with Crippen LogP contribution < -0.4 is 10.3 Å². The quantitative estimate of drug-likeness (QED) is 0.853. The minimum atomic E-state index is 0.0153. The first-order valence-electron chi connectivity index (χ1n) is 8.08. The first-order valence-corrected chi connectivity index (χ1v) is 8.08. The van der Waals surface area contributed by atoms with Crippen LogP contribution in [0.4, 0.5) is 5.88 Å². The standard InChI is InChI=1S/C19H19NO3/c21-17-13-18(20-9-11-22-12-10-20)23-19-15(7-4-8-16(17)19)14-5-2-1-3-6-14/h1-2,4-5,7-8,13H,3,6,9-12H2. The van der Waals surface area contributed by atoms with E-state index in [9.17, 15) is 4.79 Å². The summed E-state index contributed by atoms with van der Waals surface area (Å²) in [6.45, 7) is 2.84. The summed E-state index contributed by atoms with van der Waals surface area (Å²) in [5.41, 5.74) is 2.96. The number of morpholine rings is 1. The monoisotopic (exact) mass is 309 g/mol. The van der Waals surface area contributed by atoms with E-state index in [4.69, 9.17) is 9.15 Å². The molecule has 118 valence electrons. The zero-order chi connectivity index (χ0) is 15.6. The lowest BCUT2D eigenvalue weighted by Gasteiger charge is -2.27. The number of hydrogen-bond acceptors (Lipinski definition) is 4. The molecule has 2 aliphatic rings. The second kappa shape index (κ2) is 6.05. The zero-order valence-electron chi connectivity index (χ0n) is 13.0. The number of benzene rings is 1. The summed E-state index contributed by atoms with van der Waals surface area (Å²) in [7, 11) is 0. The van der Waals surface area contributed by atoms with Gasteiger partial charge in [0.2, 0.25) is 0 Å². The molecule has 1 fully saturated rings. The minimum Gasteiger partial charge on any atom is -0.440 e. The molecule has 1 aromatic carbocycles. The van der Waals surface area contributed by atoms with Crippen molar-refractivity contribution in [3.05, 3.63) is 58.3 Å². The van der Waals surface area contributed by atoms with Crippen molar-refractivity contribution >= 4 is 22.4 Å². The molecule has 0 saturated carbocycles. The Morgan fingerprint density at radius 1 is 1.13 bits per heavy atom. The van der Waals surface area contributed by atoms with E-state index in [1.807, 2.05) is 18.2 Å². The van der Waals surface area contributed by atoms with Crippen molar-refractivity contribution in [1.29, 1.82) is 0 Å². The third-order valence-corrected chi connectivity index (χ3v) is 4.42. The van der Waals surface area contributed by atoms with Crippen molar-refractivity contribution in [1.82, 2.24) is 0 Å². The zero-order valence-corrected chi connectivity index (χ0v) is 13.0. The van der Waals surface area contributed by atoms with Gasteiger partial charge < -0.3 is 14.1 Å². The van der Waals surface area contributed by atoms with Crippen molar-refractivity contribution < 1.29 is 9.15 Å². The molecule has 0 N–H and O–H groups in total. The highest BCUT2D eigenvalue weighted by atomic mass is 16.5. The molecule has 0 radical (unpaired) electrons.